The molecule has 0 heterocycles. The standard InChI is InChI=1S/C16H27O/c1-2-3-4-5-6-7-8-9-10-11-12-13-14-15-16-17/h4-5,7-8H,2-3,6,9-15H2,1H3. The molecule has 1 radical (unpaired) electrons. The molecular weight excluding hydrogens is 208 g/mol. The molecule has 0 unspecified atom stereocenters. The van der Waals surface area contributed by atoms with Crippen LogP contribution in [0.25, 0.3) is 0 Å². The summed E-state index contributed by atoms with van der Waals surface area (Å²) in [5.74, 6) is 0. The summed E-state index contributed by atoms with van der Waals surface area (Å²) in [6.07, 6.45) is 22.3. The number of unbranched alkanes of at least 4 members (excludes halogenated alkanes) is 7. The Morgan fingerprint density at radius 1 is 0.824 bits per heavy atom. The minimum absolute atomic E-state index is 0.615. The first-order chi connectivity index (χ1) is 8.41. The van der Waals surface area contributed by atoms with Gasteiger partial charge in [0, 0.05) is 6.42 Å². The van der Waals surface area contributed by atoms with Crippen molar-refractivity contribution in [3.63, 3.8) is 0 Å². The van der Waals surface area contributed by atoms with Crippen LogP contribution in [0, 0.1) is 0 Å². The quantitative estimate of drug-likeness (QED) is 0.338. The van der Waals surface area contributed by atoms with Crippen molar-refractivity contribution in [1.82, 2.24) is 0 Å². The summed E-state index contributed by atoms with van der Waals surface area (Å²) in [7, 11) is 0. The molecule has 0 N–H and O–H groups in total. The van der Waals surface area contributed by atoms with Gasteiger partial charge in [-0.05, 0) is 32.1 Å². The van der Waals surface area contributed by atoms with E-state index in [1.165, 1.54) is 44.9 Å². The van der Waals surface area contributed by atoms with Crippen LogP contribution in [0.2, 0.25) is 0 Å². The van der Waals surface area contributed by atoms with Crippen LogP contribution < -0.4 is 0 Å². The van der Waals surface area contributed by atoms with Gasteiger partial charge in [-0.3, -0.25) is 4.79 Å². The maximum atomic E-state index is 9.97. The number of carbonyl (C=O) groups excluding carboxylic acids is 1. The lowest BCUT2D eigenvalue weighted by molar-refractivity contribution is 0.542. The number of hydrogen-bond donors (Lipinski definition) is 0. The summed E-state index contributed by atoms with van der Waals surface area (Å²) in [5.41, 5.74) is 0. The molecule has 0 amide bonds. The Labute approximate surface area is 107 Å². The van der Waals surface area contributed by atoms with Crippen LogP contribution in [-0.4, -0.2) is 6.29 Å². The van der Waals surface area contributed by atoms with Gasteiger partial charge in [0.2, 0.25) is 0 Å². The molecule has 0 rings (SSSR count). The molecule has 0 atom stereocenters. The number of rotatable bonds is 12. The van der Waals surface area contributed by atoms with Crippen molar-refractivity contribution in [1.29, 1.82) is 0 Å². The number of allylic oxidation sites excluding steroid dienone is 4. The fraction of sp³-hybridized carbons (Fsp3) is 0.688. The Bertz CT molecular complexity index is 204. The molecule has 0 aromatic heterocycles. The van der Waals surface area contributed by atoms with Gasteiger partial charge in [0.15, 0.2) is 6.29 Å². The van der Waals surface area contributed by atoms with Gasteiger partial charge in [-0.15, -0.1) is 0 Å². The van der Waals surface area contributed by atoms with Crippen molar-refractivity contribution < 1.29 is 4.79 Å². The highest BCUT2D eigenvalue weighted by Gasteiger charge is 1.89. The molecule has 17 heavy (non-hydrogen) atoms. The summed E-state index contributed by atoms with van der Waals surface area (Å²) in [5, 5.41) is 0. The SMILES string of the molecule is CCCC=CCC=CCCCCCCC[C]=O. The minimum Gasteiger partial charge on any atom is -0.291 e. The van der Waals surface area contributed by atoms with Gasteiger partial charge < -0.3 is 0 Å². The maximum Gasteiger partial charge on any atom is 0.198 e. The molecule has 1 heteroatoms. The Balaban J connectivity index is 3.11. The molecule has 0 fully saturated rings. The monoisotopic (exact) mass is 235 g/mol. The summed E-state index contributed by atoms with van der Waals surface area (Å²) in [6.45, 7) is 2.20. The van der Waals surface area contributed by atoms with E-state index in [0.29, 0.717) is 6.42 Å². The Kier molecular flexibility index (Phi) is 14.4. The van der Waals surface area contributed by atoms with Crippen molar-refractivity contribution in [3.8, 4) is 0 Å². The second-order valence-corrected chi connectivity index (χ2v) is 4.42. The lowest BCUT2D eigenvalue weighted by Crippen LogP contribution is -1.80. The van der Waals surface area contributed by atoms with Crippen LogP contribution in [0.5, 0.6) is 0 Å². The van der Waals surface area contributed by atoms with Gasteiger partial charge in [-0.1, -0.05) is 56.9 Å². The average molecular weight is 235 g/mol. The lowest BCUT2D eigenvalue weighted by atomic mass is 10.1. The summed E-state index contributed by atoms with van der Waals surface area (Å²) < 4.78 is 0. The zero-order chi connectivity index (χ0) is 12.6. The van der Waals surface area contributed by atoms with Crippen LogP contribution >= 0.6 is 0 Å². The van der Waals surface area contributed by atoms with Crippen molar-refractivity contribution in [2.24, 2.45) is 0 Å². The second-order valence-electron chi connectivity index (χ2n) is 4.42. The lowest BCUT2D eigenvalue weighted by Gasteiger charge is -1.96. The molecule has 0 saturated carbocycles. The highest BCUT2D eigenvalue weighted by atomic mass is 16.1. The van der Waals surface area contributed by atoms with E-state index in [1.807, 2.05) is 6.29 Å². The molecule has 97 valence electrons. The summed E-state index contributed by atoms with van der Waals surface area (Å²) in [6, 6.07) is 0. The fourth-order valence-electron chi connectivity index (χ4n) is 1.66. The van der Waals surface area contributed by atoms with E-state index in [9.17, 15) is 4.79 Å². The van der Waals surface area contributed by atoms with Crippen LogP contribution in [0.1, 0.15) is 71.1 Å². The maximum absolute atomic E-state index is 9.97. The zero-order valence-electron chi connectivity index (χ0n) is 11.3. The predicted octanol–water partition coefficient (Wildman–Crippen LogP) is 5.13. The summed E-state index contributed by atoms with van der Waals surface area (Å²) >= 11 is 0. The summed E-state index contributed by atoms with van der Waals surface area (Å²) in [4.78, 5) is 9.97. The number of hydrogen-bond acceptors (Lipinski definition) is 1. The van der Waals surface area contributed by atoms with E-state index < -0.39 is 0 Å². The highest BCUT2D eigenvalue weighted by molar-refractivity contribution is 5.50. The Morgan fingerprint density at radius 3 is 2.18 bits per heavy atom. The zero-order valence-corrected chi connectivity index (χ0v) is 11.3. The molecule has 0 aliphatic heterocycles. The Hall–Kier alpha value is -0.850. The molecule has 0 spiro atoms. The van der Waals surface area contributed by atoms with Crippen molar-refractivity contribution in [3.05, 3.63) is 24.3 Å². The van der Waals surface area contributed by atoms with E-state index in [0.717, 1.165) is 12.8 Å². The van der Waals surface area contributed by atoms with E-state index in [2.05, 4.69) is 31.2 Å². The molecular formula is C16H27O. The second kappa shape index (κ2) is 15.1. The average Bonchev–Trinajstić information content (AvgIpc) is 2.35. The van der Waals surface area contributed by atoms with E-state index in [-0.39, 0.29) is 0 Å². The smallest absolute Gasteiger partial charge is 0.198 e. The normalized spacial score (nSPS) is 11.6. The molecule has 0 bridgehead atoms. The van der Waals surface area contributed by atoms with Gasteiger partial charge in [0.05, 0.1) is 0 Å². The minimum atomic E-state index is 0.615. The predicted molar refractivity (Wildman–Crippen MR) is 75.8 cm³/mol. The van der Waals surface area contributed by atoms with Gasteiger partial charge in [0.25, 0.3) is 0 Å². The van der Waals surface area contributed by atoms with E-state index >= 15 is 0 Å². The molecule has 0 aliphatic rings. The Morgan fingerprint density at radius 2 is 1.47 bits per heavy atom. The van der Waals surface area contributed by atoms with Crippen LogP contribution in [0.3, 0.4) is 0 Å². The first-order valence-electron chi connectivity index (χ1n) is 7.06. The topological polar surface area (TPSA) is 17.1 Å². The largest absolute Gasteiger partial charge is 0.291 e. The highest BCUT2D eigenvalue weighted by Crippen LogP contribution is 2.07. The van der Waals surface area contributed by atoms with Crippen LogP contribution in [0.15, 0.2) is 24.3 Å². The third-order valence-corrected chi connectivity index (χ3v) is 2.71. The van der Waals surface area contributed by atoms with Gasteiger partial charge >= 0.3 is 0 Å². The molecule has 1 nitrogen and oxygen atoms in total. The van der Waals surface area contributed by atoms with Gasteiger partial charge in [-0.25, -0.2) is 0 Å². The van der Waals surface area contributed by atoms with Crippen molar-refractivity contribution in [2.45, 2.75) is 71.1 Å². The first-order valence-corrected chi connectivity index (χ1v) is 7.06. The van der Waals surface area contributed by atoms with Gasteiger partial charge in [-0.2, -0.15) is 0 Å². The molecule has 0 aliphatic carbocycles. The van der Waals surface area contributed by atoms with E-state index in [1.54, 1.807) is 0 Å². The third kappa shape index (κ3) is 15.1. The van der Waals surface area contributed by atoms with Crippen molar-refractivity contribution in [2.75, 3.05) is 0 Å². The molecule has 0 saturated heterocycles. The molecule has 0 aromatic carbocycles. The van der Waals surface area contributed by atoms with E-state index in [4.69, 9.17) is 0 Å². The van der Waals surface area contributed by atoms with Crippen molar-refractivity contribution >= 4 is 6.29 Å². The van der Waals surface area contributed by atoms with Gasteiger partial charge in [0.1, 0.15) is 0 Å². The van der Waals surface area contributed by atoms with Crippen LogP contribution in [0.4, 0.5) is 0 Å². The van der Waals surface area contributed by atoms with Crippen LogP contribution in [-0.2, 0) is 4.79 Å². The molecule has 0 aromatic rings. The third-order valence-electron chi connectivity index (χ3n) is 2.71. The fourth-order valence-corrected chi connectivity index (χ4v) is 1.66. The first kappa shape index (κ1) is 16.1.